The number of alkyl halides is 20. The highest BCUT2D eigenvalue weighted by atomic mass is 19.4. The lowest BCUT2D eigenvalue weighted by atomic mass is 9.85. The van der Waals surface area contributed by atoms with E-state index in [0.717, 1.165) is 19.3 Å². The van der Waals surface area contributed by atoms with E-state index in [-0.39, 0.29) is 6.42 Å². The van der Waals surface area contributed by atoms with E-state index < -0.39 is 85.4 Å². The van der Waals surface area contributed by atoms with Gasteiger partial charge in [0.1, 0.15) is 0 Å². The zero-order valence-electron chi connectivity index (χ0n) is 23.2. The van der Waals surface area contributed by atoms with Gasteiger partial charge in [-0.2, -0.15) is 87.8 Å². The standard InChI is InChI=1S/C24H30F20/c1-14(2)12-10-8-6-4-5-7-9-11-13-16(27,28)18(31,32)20(35,36)22(39,40)24(43,44)23(41,42)21(37,38)19(33,34)17(29,30)15(3,25)26/h14H,4-13H2,1-3H3. The van der Waals surface area contributed by atoms with Crippen LogP contribution < -0.4 is 0 Å². The first kappa shape index (κ1) is 42.6. The van der Waals surface area contributed by atoms with Crippen LogP contribution >= 0.6 is 0 Å². The zero-order chi connectivity index (χ0) is 35.6. The molecule has 0 N–H and O–H groups in total. The SMILES string of the molecule is CC(C)CCCCCCCCCCC(F)(F)C(F)(F)C(F)(F)C(F)(F)C(F)(F)C(F)(F)C(F)(F)C(F)(F)C(F)(F)C(C)(F)F. The van der Waals surface area contributed by atoms with Crippen molar-refractivity contribution < 1.29 is 87.8 Å². The molecule has 0 aliphatic heterocycles. The van der Waals surface area contributed by atoms with Crippen molar-refractivity contribution in [3.63, 3.8) is 0 Å². The number of halogens is 20. The summed E-state index contributed by atoms with van der Waals surface area (Å²) in [6.07, 6.45) is 0.00670. The molecule has 0 amide bonds. The van der Waals surface area contributed by atoms with E-state index >= 15 is 0 Å². The maximum Gasteiger partial charge on any atom is 0.385 e. The van der Waals surface area contributed by atoms with E-state index in [9.17, 15) is 87.8 Å². The van der Waals surface area contributed by atoms with Crippen molar-refractivity contribution in [3.05, 3.63) is 0 Å². The van der Waals surface area contributed by atoms with Gasteiger partial charge < -0.3 is 0 Å². The molecule has 0 saturated carbocycles. The Morgan fingerprint density at radius 2 is 0.591 bits per heavy atom. The van der Waals surface area contributed by atoms with Gasteiger partial charge in [-0.25, -0.2) is 0 Å². The molecule has 0 fully saturated rings. The number of hydrogen-bond acceptors (Lipinski definition) is 0. The molecule has 0 rings (SSSR count). The third-order valence-corrected chi connectivity index (χ3v) is 6.79. The number of hydrogen-bond donors (Lipinski definition) is 0. The molecule has 0 radical (unpaired) electrons. The normalized spacial score (nSPS) is 15.8. The third kappa shape index (κ3) is 7.27. The predicted molar refractivity (Wildman–Crippen MR) is 116 cm³/mol. The lowest BCUT2D eigenvalue weighted by Crippen LogP contribution is -2.76. The maximum atomic E-state index is 14.0. The average molecular weight is 698 g/mol. The topological polar surface area (TPSA) is 0 Å². The summed E-state index contributed by atoms with van der Waals surface area (Å²) in [6.45, 7) is 2.61. The van der Waals surface area contributed by atoms with Gasteiger partial charge in [0.25, 0.3) is 0 Å². The minimum atomic E-state index is -8.97. The Morgan fingerprint density at radius 1 is 0.341 bits per heavy atom. The van der Waals surface area contributed by atoms with Crippen molar-refractivity contribution in [2.45, 2.75) is 144 Å². The van der Waals surface area contributed by atoms with Gasteiger partial charge in [0.2, 0.25) is 0 Å². The highest BCUT2D eigenvalue weighted by molar-refractivity contribution is 5.18. The molecular formula is C24H30F20. The van der Waals surface area contributed by atoms with Crippen LogP contribution in [0.15, 0.2) is 0 Å². The van der Waals surface area contributed by atoms with Gasteiger partial charge in [-0.05, 0) is 12.3 Å². The number of unbranched alkanes of at least 4 members (excludes halogenated alkanes) is 7. The molecule has 0 unspecified atom stereocenters. The molecule has 0 nitrogen and oxygen atoms in total. The Bertz CT molecular complexity index is 900. The van der Waals surface area contributed by atoms with Crippen LogP contribution in [-0.4, -0.2) is 59.2 Å². The Kier molecular flexibility index (Phi) is 13.0. The van der Waals surface area contributed by atoms with Gasteiger partial charge in [-0.1, -0.05) is 65.2 Å². The lowest BCUT2D eigenvalue weighted by Gasteiger charge is -2.45. The highest BCUT2D eigenvalue weighted by Crippen LogP contribution is 2.66. The second kappa shape index (κ2) is 13.4. The lowest BCUT2D eigenvalue weighted by molar-refractivity contribution is -0.468. The maximum absolute atomic E-state index is 14.0. The van der Waals surface area contributed by atoms with Crippen LogP contribution in [0.5, 0.6) is 0 Å². The van der Waals surface area contributed by atoms with Crippen molar-refractivity contribution in [1.29, 1.82) is 0 Å². The second-order valence-electron chi connectivity index (χ2n) is 10.9. The van der Waals surface area contributed by atoms with E-state index in [4.69, 9.17) is 0 Å². The molecule has 0 atom stereocenters. The van der Waals surface area contributed by atoms with E-state index in [2.05, 4.69) is 0 Å². The summed E-state index contributed by atoms with van der Waals surface area (Å²) < 4.78 is 273. The van der Waals surface area contributed by atoms with Crippen LogP contribution in [0.3, 0.4) is 0 Å². The molecule has 0 aromatic heterocycles. The summed E-state index contributed by atoms with van der Waals surface area (Å²) >= 11 is 0. The van der Waals surface area contributed by atoms with E-state index in [1.54, 1.807) is 0 Å². The quantitative estimate of drug-likeness (QED) is 0.0877. The minimum absolute atomic E-state index is 0.00735. The zero-order valence-corrected chi connectivity index (χ0v) is 23.2. The van der Waals surface area contributed by atoms with Crippen molar-refractivity contribution in [3.8, 4) is 0 Å². The summed E-state index contributed by atoms with van der Waals surface area (Å²) in [5, 5.41) is 0. The summed E-state index contributed by atoms with van der Waals surface area (Å²) in [5.74, 6) is -80.5. The summed E-state index contributed by atoms with van der Waals surface area (Å²) in [5.41, 5.74) is 0. The Labute approximate surface area is 238 Å². The molecule has 0 saturated heterocycles. The second-order valence-corrected chi connectivity index (χ2v) is 10.9. The fourth-order valence-electron chi connectivity index (χ4n) is 3.81. The van der Waals surface area contributed by atoms with E-state index in [0.29, 0.717) is 25.2 Å². The third-order valence-electron chi connectivity index (χ3n) is 6.79. The molecule has 0 aromatic rings. The van der Waals surface area contributed by atoms with Crippen LogP contribution in [0.4, 0.5) is 87.8 Å². The molecule has 0 aromatic carbocycles. The molecule has 0 bridgehead atoms. The summed E-state index contributed by atoms with van der Waals surface area (Å²) in [4.78, 5) is 0. The van der Waals surface area contributed by atoms with Gasteiger partial charge in [0.05, 0.1) is 0 Å². The van der Waals surface area contributed by atoms with Gasteiger partial charge >= 0.3 is 59.2 Å². The molecule has 0 spiro atoms. The molecule has 20 heteroatoms. The van der Waals surface area contributed by atoms with Crippen LogP contribution in [-0.2, 0) is 0 Å². The van der Waals surface area contributed by atoms with Gasteiger partial charge in [0, 0.05) is 13.3 Å². The molecule has 266 valence electrons. The largest absolute Gasteiger partial charge is 0.385 e. The van der Waals surface area contributed by atoms with Crippen molar-refractivity contribution in [1.82, 2.24) is 0 Å². The predicted octanol–water partition coefficient (Wildman–Crippen LogP) is 11.9. The smallest absolute Gasteiger partial charge is 0.200 e. The minimum Gasteiger partial charge on any atom is -0.200 e. The van der Waals surface area contributed by atoms with Gasteiger partial charge in [-0.15, -0.1) is 0 Å². The Morgan fingerprint density at radius 3 is 0.886 bits per heavy atom. The van der Waals surface area contributed by atoms with E-state index in [1.165, 1.54) is 0 Å². The van der Waals surface area contributed by atoms with Crippen LogP contribution in [0.25, 0.3) is 0 Å². The first-order valence-electron chi connectivity index (χ1n) is 12.9. The van der Waals surface area contributed by atoms with Crippen molar-refractivity contribution in [2.24, 2.45) is 5.92 Å². The van der Waals surface area contributed by atoms with Gasteiger partial charge in [-0.3, -0.25) is 0 Å². The Balaban J connectivity index is 5.99. The van der Waals surface area contributed by atoms with Crippen molar-refractivity contribution >= 4 is 0 Å². The van der Waals surface area contributed by atoms with E-state index in [1.807, 2.05) is 13.8 Å². The molecule has 0 aliphatic carbocycles. The van der Waals surface area contributed by atoms with Crippen LogP contribution in [0, 0.1) is 5.92 Å². The van der Waals surface area contributed by atoms with Gasteiger partial charge in [0.15, 0.2) is 0 Å². The molecule has 44 heavy (non-hydrogen) atoms. The fourth-order valence-corrected chi connectivity index (χ4v) is 3.81. The van der Waals surface area contributed by atoms with Crippen molar-refractivity contribution in [2.75, 3.05) is 0 Å². The summed E-state index contributed by atoms with van der Waals surface area (Å²) in [7, 11) is 0. The van der Waals surface area contributed by atoms with Crippen LogP contribution in [0.1, 0.15) is 85.0 Å². The summed E-state index contributed by atoms with van der Waals surface area (Å²) in [6, 6.07) is 0. The average Bonchev–Trinajstić information content (AvgIpc) is 2.83. The van der Waals surface area contributed by atoms with Crippen LogP contribution in [0.2, 0.25) is 0 Å². The molecule has 0 aliphatic rings. The molecule has 0 heterocycles. The Hall–Kier alpha value is -1.40. The fraction of sp³-hybridized carbons (Fsp3) is 1.00. The first-order valence-corrected chi connectivity index (χ1v) is 12.9. The molecular weight excluding hydrogens is 668 g/mol. The number of rotatable bonds is 20. The first-order chi connectivity index (χ1) is 19.2. The monoisotopic (exact) mass is 698 g/mol. The highest BCUT2D eigenvalue weighted by Gasteiger charge is 2.97.